The van der Waals surface area contributed by atoms with Crippen molar-refractivity contribution in [3.63, 3.8) is 0 Å². The van der Waals surface area contributed by atoms with E-state index in [4.69, 9.17) is 11.6 Å². The molecule has 1 heterocycles. The van der Waals surface area contributed by atoms with Gasteiger partial charge in [-0.15, -0.1) is 0 Å². The van der Waals surface area contributed by atoms with E-state index >= 15 is 0 Å². The van der Waals surface area contributed by atoms with Crippen LogP contribution in [0.15, 0.2) is 73.1 Å². The number of carbonyl (C=O) groups excluding carboxylic acids is 1. The molecule has 0 fully saturated rings. The molecule has 1 aromatic heterocycles. The number of halogens is 1. The highest BCUT2D eigenvalue weighted by Gasteiger charge is 2.07. The van der Waals surface area contributed by atoms with Gasteiger partial charge in [0, 0.05) is 28.2 Å². The van der Waals surface area contributed by atoms with E-state index in [2.05, 4.69) is 15.6 Å². The molecule has 0 unspecified atom stereocenters. The molecule has 4 nitrogen and oxygen atoms in total. The van der Waals surface area contributed by atoms with Crippen LogP contribution in [0.25, 0.3) is 0 Å². The van der Waals surface area contributed by atoms with Crippen molar-refractivity contribution in [3.8, 4) is 0 Å². The highest BCUT2D eigenvalue weighted by Crippen LogP contribution is 2.20. The van der Waals surface area contributed by atoms with Crippen molar-refractivity contribution in [3.05, 3.63) is 83.6 Å². The Morgan fingerprint density at radius 2 is 1.70 bits per heavy atom. The number of rotatable bonds is 4. The Bertz CT molecular complexity index is 821. The summed E-state index contributed by atoms with van der Waals surface area (Å²) in [5.41, 5.74) is 2.96. The fourth-order valence-corrected chi connectivity index (χ4v) is 2.30. The number of hydrogen-bond donors (Lipinski definition) is 2. The number of hydrogen-bond acceptors (Lipinski definition) is 3. The van der Waals surface area contributed by atoms with Gasteiger partial charge in [-0.25, -0.2) is 0 Å². The Morgan fingerprint density at radius 1 is 0.913 bits per heavy atom. The molecule has 114 valence electrons. The zero-order valence-corrected chi connectivity index (χ0v) is 12.9. The number of aromatic nitrogens is 1. The monoisotopic (exact) mass is 323 g/mol. The van der Waals surface area contributed by atoms with Gasteiger partial charge in [0.2, 0.25) is 0 Å². The van der Waals surface area contributed by atoms with Gasteiger partial charge in [0.05, 0.1) is 11.9 Å². The smallest absolute Gasteiger partial charge is 0.255 e. The topological polar surface area (TPSA) is 54.0 Å². The third-order valence-corrected chi connectivity index (χ3v) is 3.39. The second-order valence-corrected chi connectivity index (χ2v) is 5.35. The van der Waals surface area contributed by atoms with Gasteiger partial charge in [-0.1, -0.05) is 23.7 Å². The molecule has 2 aromatic carbocycles. The summed E-state index contributed by atoms with van der Waals surface area (Å²) in [6.07, 6.45) is 3.45. The van der Waals surface area contributed by atoms with Gasteiger partial charge in [0.1, 0.15) is 0 Å². The van der Waals surface area contributed by atoms with Gasteiger partial charge >= 0.3 is 0 Å². The maximum absolute atomic E-state index is 12.2. The molecule has 5 heteroatoms. The molecule has 0 radical (unpaired) electrons. The van der Waals surface area contributed by atoms with Crippen molar-refractivity contribution in [2.45, 2.75) is 0 Å². The van der Waals surface area contributed by atoms with Crippen LogP contribution < -0.4 is 10.6 Å². The van der Waals surface area contributed by atoms with Gasteiger partial charge in [0.25, 0.3) is 5.91 Å². The van der Waals surface area contributed by atoms with Crippen LogP contribution in [-0.4, -0.2) is 10.9 Å². The van der Waals surface area contributed by atoms with Crippen LogP contribution in [0.1, 0.15) is 10.4 Å². The molecule has 0 saturated carbocycles. The molecular formula is C18H14ClN3O. The highest BCUT2D eigenvalue weighted by molar-refractivity contribution is 6.31. The molecule has 0 saturated heterocycles. The van der Waals surface area contributed by atoms with Crippen LogP contribution in [0.2, 0.25) is 5.02 Å². The Kier molecular flexibility index (Phi) is 4.54. The van der Waals surface area contributed by atoms with Crippen molar-refractivity contribution in [2.75, 3.05) is 10.6 Å². The summed E-state index contributed by atoms with van der Waals surface area (Å²) in [5.74, 6) is -0.203. The maximum Gasteiger partial charge on any atom is 0.255 e. The molecule has 0 aliphatic heterocycles. The van der Waals surface area contributed by atoms with E-state index < -0.39 is 0 Å². The summed E-state index contributed by atoms with van der Waals surface area (Å²) in [5, 5.41) is 6.62. The second-order valence-electron chi connectivity index (χ2n) is 4.91. The van der Waals surface area contributed by atoms with E-state index in [1.54, 1.807) is 36.7 Å². The Labute approximate surface area is 139 Å². The average molecular weight is 324 g/mol. The first-order chi connectivity index (χ1) is 11.2. The van der Waals surface area contributed by atoms with Gasteiger partial charge in [0.15, 0.2) is 0 Å². The molecule has 0 aliphatic rings. The number of anilines is 3. The summed E-state index contributed by atoms with van der Waals surface area (Å²) in [6, 6.07) is 18.1. The zero-order chi connectivity index (χ0) is 16.1. The van der Waals surface area contributed by atoms with Crippen LogP contribution in [-0.2, 0) is 0 Å². The second kappa shape index (κ2) is 6.94. The number of nitrogens with one attached hydrogen (secondary N) is 2. The lowest BCUT2D eigenvalue weighted by Crippen LogP contribution is -2.11. The molecule has 3 aromatic rings. The first-order valence-electron chi connectivity index (χ1n) is 7.05. The summed E-state index contributed by atoms with van der Waals surface area (Å²) in [6.45, 7) is 0. The molecule has 0 atom stereocenters. The average Bonchev–Trinajstić information content (AvgIpc) is 2.56. The lowest BCUT2D eigenvalue weighted by Gasteiger charge is -2.09. The van der Waals surface area contributed by atoms with E-state index in [9.17, 15) is 4.79 Å². The van der Waals surface area contributed by atoms with Crippen LogP contribution in [0, 0.1) is 0 Å². The Morgan fingerprint density at radius 3 is 2.48 bits per heavy atom. The molecule has 23 heavy (non-hydrogen) atoms. The quantitative estimate of drug-likeness (QED) is 0.729. The number of carbonyl (C=O) groups is 1. The molecule has 0 aliphatic carbocycles. The van der Waals surface area contributed by atoms with Crippen molar-refractivity contribution < 1.29 is 4.79 Å². The lowest BCUT2D eigenvalue weighted by atomic mass is 10.2. The third-order valence-electron chi connectivity index (χ3n) is 3.16. The van der Waals surface area contributed by atoms with Crippen molar-refractivity contribution in [1.29, 1.82) is 0 Å². The van der Waals surface area contributed by atoms with Crippen LogP contribution in [0.4, 0.5) is 17.1 Å². The first kappa shape index (κ1) is 15.1. The van der Waals surface area contributed by atoms with Crippen LogP contribution >= 0.6 is 11.6 Å². The molecule has 1 amide bonds. The fourth-order valence-electron chi connectivity index (χ4n) is 2.11. The Hall–Kier alpha value is -2.85. The van der Waals surface area contributed by atoms with Gasteiger partial charge in [-0.05, 0) is 48.5 Å². The number of pyridine rings is 1. The first-order valence-corrected chi connectivity index (χ1v) is 7.42. The van der Waals surface area contributed by atoms with Crippen molar-refractivity contribution in [1.82, 2.24) is 4.98 Å². The minimum atomic E-state index is -0.203. The molecule has 0 spiro atoms. The summed E-state index contributed by atoms with van der Waals surface area (Å²) in [7, 11) is 0. The van der Waals surface area contributed by atoms with E-state index in [0.717, 1.165) is 11.4 Å². The molecule has 3 rings (SSSR count). The summed E-state index contributed by atoms with van der Waals surface area (Å²) >= 11 is 5.91. The SMILES string of the molecule is O=C(Nc1cccc(Nc2cccnc2)c1)c1cccc(Cl)c1. The molecule has 2 N–H and O–H groups in total. The molecule has 0 bridgehead atoms. The predicted octanol–water partition coefficient (Wildman–Crippen LogP) is 4.73. The van der Waals surface area contributed by atoms with E-state index in [0.29, 0.717) is 16.3 Å². The lowest BCUT2D eigenvalue weighted by molar-refractivity contribution is 0.102. The highest BCUT2D eigenvalue weighted by atomic mass is 35.5. The predicted molar refractivity (Wildman–Crippen MR) is 93.4 cm³/mol. The maximum atomic E-state index is 12.2. The zero-order valence-electron chi connectivity index (χ0n) is 12.2. The van der Waals surface area contributed by atoms with Crippen LogP contribution in [0.5, 0.6) is 0 Å². The molecular weight excluding hydrogens is 310 g/mol. The van der Waals surface area contributed by atoms with Crippen LogP contribution in [0.3, 0.4) is 0 Å². The van der Waals surface area contributed by atoms with E-state index in [1.807, 2.05) is 36.4 Å². The number of benzene rings is 2. The number of amides is 1. The summed E-state index contributed by atoms with van der Waals surface area (Å²) < 4.78 is 0. The normalized spacial score (nSPS) is 10.1. The van der Waals surface area contributed by atoms with Gasteiger partial charge < -0.3 is 10.6 Å². The standard InChI is InChI=1S/C18H14ClN3O/c19-14-5-1-4-13(10-14)18(23)22-16-7-2-6-15(11-16)21-17-8-3-9-20-12-17/h1-12,21H,(H,22,23). The summed E-state index contributed by atoms with van der Waals surface area (Å²) in [4.78, 5) is 16.3. The van der Waals surface area contributed by atoms with E-state index in [-0.39, 0.29) is 5.91 Å². The van der Waals surface area contributed by atoms with Crippen molar-refractivity contribution in [2.24, 2.45) is 0 Å². The number of nitrogens with zero attached hydrogens (tertiary/aromatic N) is 1. The minimum Gasteiger partial charge on any atom is -0.354 e. The third kappa shape index (κ3) is 4.08. The van der Waals surface area contributed by atoms with E-state index in [1.165, 1.54) is 0 Å². The largest absolute Gasteiger partial charge is 0.354 e. The fraction of sp³-hybridized carbons (Fsp3) is 0. The Balaban J connectivity index is 1.74. The minimum absolute atomic E-state index is 0.203. The van der Waals surface area contributed by atoms with Gasteiger partial charge in [-0.2, -0.15) is 0 Å². The van der Waals surface area contributed by atoms with Crippen molar-refractivity contribution >= 4 is 34.6 Å². The van der Waals surface area contributed by atoms with Gasteiger partial charge in [-0.3, -0.25) is 9.78 Å².